The van der Waals surface area contributed by atoms with Crippen molar-refractivity contribution in [1.82, 2.24) is 4.90 Å². The van der Waals surface area contributed by atoms with Crippen molar-refractivity contribution in [1.29, 1.82) is 0 Å². The van der Waals surface area contributed by atoms with Crippen molar-refractivity contribution in [3.05, 3.63) is 0 Å². The van der Waals surface area contributed by atoms with Gasteiger partial charge in [0, 0.05) is 24.6 Å². The van der Waals surface area contributed by atoms with Crippen molar-refractivity contribution in [2.75, 3.05) is 19.7 Å². The van der Waals surface area contributed by atoms with E-state index in [1.54, 1.807) is 0 Å². The Morgan fingerprint density at radius 1 is 1.25 bits per heavy atom. The van der Waals surface area contributed by atoms with Gasteiger partial charge in [0.25, 0.3) is 0 Å². The zero-order chi connectivity index (χ0) is 12.2. The normalized spacial score (nSPS) is 28.3. The summed E-state index contributed by atoms with van der Waals surface area (Å²) in [6, 6.07) is 0.678. The van der Waals surface area contributed by atoms with Gasteiger partial charge in [-0.05, 0) is 45.1 Å². The smallest absolute Gasteiger partial charge is 0.0499 e. The van der Waals surface area contributed by atoms with Crippen LogP contribution in [0.3, 0.4) is 0 Å². The van der Waals surface area contributed by atoms with E-state index in [0.717, 1.165) is 25.3 Å². The summed E-state index contributed by atoms with van der Waals surface area (Å²) in [5.41, 5.74) is 0.130. The number of piperidine rings is 1. The fourth-order valence-corrected chi connectivity index (χ4v) is 2.82. The average molecular weight is 227 g/mol. The Hall–Kier alpha value is -0.0800. The van der Waals surface area contributed by atoms with E-state index in [1.807, 2.05) is 0 Å². The van der Waals surface area contributed by atoms with Gasteiger partial charge in [0.1, 0.15) is 0 Å². The van der Waals surface area contributed by atoms with Crippen molar-refractivity contribution in [3.63, 3.8) is 0 Å². The van der Waals surface area contributed by atoms with E-state index in [1.165, 1.54) is 19.4 Å². The van der Waals surface area contributed by atoms with Crippen molar-refractivity contribution in [2.24, 2.45) is 11.3 Å². The van der Waals surface area contributed by atoms with Crippen LogP contribution < -0.4 is 0 Å². The number of nitrogens with zero attached hydrogens (tertiary/aromatic N) is 1. The predicted octanol–water partition coefficient (Wildman–Crippen LogP) is 2.91. The predicted molar refractivity (Wildman–Crippen MR) is 69.5 cm³/mol. The number of hydrogen-bond donors (Lipinski definition) is 1. The highest BCUT2D eigenvalue weighted by Gasteiger charge is 2.32. The minimum absolute atomic E-state index is 0.130. The quantitative estimate of drug-likeness (QED) is 0.780. The summed E-state index contributed by atoms with van der Waals surface area (Å²) in [5, 5.41) is 9.63. The molecule has 2 atom stereocenters. The third-order valence-corrected chi connectivity index (χ3v) is 4.88. The van der Waals surface area contributed by atoms with Crippen LogP contribution in [0.5, 0.6) is 0 Å². The highest BCUT2D eigenvalue weighted by Crippen LogP contribution is 2.31. The zero-order valence-electron chi connectivity index (χ0n) is 11.5. The molecule has 1 N–H and O–H groups in total. The van der Waals surface area contributed by atoms with Crippen LogP contribution in [0.2, 0.25) is 0 Å². The standard InChI is InChI=1S/C14H29NO/c1-5-14(6-2,11-16)10-15-9-7-8-12(3)13(15)4/h12-13,16H,5-11H2,1-4H3. The number of likely N-dealkylation sites (tertiary alicyclic amines) is 1. The SMILES string of the molecule is CCC(CC)(CO)CN1CCCC(C)C1C. The van der Waals surface area contributed by atoms with Crippen LogP contribution >= 0.6 is 0 Å². The molecule has 0 bridgehead atoms. The third-order valence-electron chi connectivity index (χ3n) is 4.88. The van der Waals surface area contributed by atoms with E-state index in [0.29, 0.717) is 12.6 Å². The maximum Gasteiger partial charge on any atom is 0.0499 e. The molecule has 2 heteroatoms. The van der Waals surface area contributed by atoms with Gasteiger partial charge in [-0.15, -0.1) is 0 Å². The molecule has 0 aromatic heterocycles. The van der Waals surface area contributed by atoms with Crippen molar-refractivity contribution < 1.29 is 5.11 Å². The summed E-state index contributed by atoms with van der Waals surface area (Å²) in [7, 11) is 0. The van der Waals surface area contributed by atoms with Crippen LogP contribution in [-0.2, 0) is 0 Å². The van der Waals surface area contributed by atoms with Crippen LogP contribution in [0.1, 0.15) is 53.4 Å². The van der Waals surface area contributed by atoms with Crippen LogP contribution in [0.25, 0.3) is 0 Å². The molecule has 0 radical (unpaired) electrons. The number of rotatable bonds is 5. The molecule has 0 saturated carbocycles. The lowest BCUT2D eigenvalue weighted by atomic mass is 9.81. The first-order valence-corrected chi connectivity index (χ1v) is 6.93. The molecule has 16 heavy (non-hydrogen) atoms. The first-order chi connectivity index (χ1) is 7.58. The summed E-state index contributed by atoms with van der Waals surface area (Å²) < 4.78 is 0. The lowest BCUT2D eigenvalue weighted by molar-refractivity contribution is 0.0218. The molecule has 1 rings (SSSR count). The third kappa shape index (κ3) is 2.98. The molecule has 2 unspecified atom stereocenters. The van der Waals surface area contributed by atoms with E-state index in [4.69, 9.17) is 0 Å². The maximum absolute atomic E-state index is 9.63. The van der Waals surface area contributed by atoms with Crippen LogP contribution in [0.4, 0.5) is 0 Å². The molecule has 1 fully saturated rings. The Bertz CT molecular complexity index is 193. The van der Waals surface area contributed by atoms with Gasteiger partial charge in [-0.3, -0.25) is 4.90 Å². The minimum atomic E-state index is 0.130. The Balaban J connectivity index is 2.63. The first kappa shape index (κ1) is 14.0. The minimum Gasteiger partial charge on any atom is -0.396 e. The second-order valence-corrected chi connectivity index (χ2v) is 5.70. The zero-order valence-corrected chi connectivity index (χ0v) is 11.5. The van der Waals surface area contributed by atoms with E-state index < -0.39 is 0 Å². The molecule has 1 heterocycles. The molecule has 2 nitrogen and oxygen atoms in total. The molecule has 96 valence electrons. The largest absolute Gasteiger partial charge is 0.396 e. The Morgan fingerprint density at radius 2 is 1.88 bits per heavy atom. The van der Waals surface area contributed by atoms with E-state index in [9.17, 15) is 5.11 Å². The second kappa shape index (κ2) is 6.02. The number of hydrogen-bond acceptors (Lipinski definition) is 2. The molecule has 0 spiro atoms. The van der Waals surface area contributed by atoms with E-state index in [-0.39, 0.29) is 5.41 Å². The van der Waals surface area contributed by atoms with Gasteiger partial charge in [0.2, 0.25) is 0 Å². The number of aliphatic hydroxyl groups excluding tert-OH is 1. The molecule has 0 aromatic carbocycles. The van der Waals surface area contributed by atoms with Crippen LogP contribution in [0.15, 0.2) is 0 Å². The molecule has 0 aromatic rings. The van der Waals surface area contributed by atoms with Crippen molar-refractivity contribution in [3.8, 4) is 0 Å². The fraction of sp³-hybridized carbons (Fsp3) is 1.00. The van der Waals surface area contributed by atoms with Crippen LogP contribution in [0, 0.1) is 11.3 Å². The van der Waals surface area contributed by atoms with Gasteiger partial charge in [-0.1, -0.05) is 20.8 Å². The van der Waals surface area contributed by atoms with Crippen LogP contribution in [-0.4, -0.2) is 35.7 Å². The fourth-order valence-electron chi connectivity index (χ4n) is 2.82. The van der Waals surface area contributed by atoms with E-state index in [2.05, 4.69) is 32.6 Å². The highest BCUT2D eigenvalue weighted by molar-refractivity contribution is 4.86. The lowest BCUT2D eigenvalue weighted by Crippen LogP contribution is -2.48. The Kier molecular flexibility index (Phi) is 5.26. The molecule has 1 aliphatic rings. The summed E-state index contributed by atoms with van der Waals surface area (Å²) in [5.74, 6) is 0.804. The lowest BCUT2D eigenvalue weighted by Gasteiger charge is -2.43. The highest BCUT2D eigenvalue weighted by atomic mass is 16.3. The molecular weight excluding hydrogens is 198 g/mol. The van der Waals surface area contributed by atoms with Gasteiger partial charge in [-0.25, -0.2) is 0 Å². The molecular formula is C14H29NO. The second-order valence-electron chi connectivity index (χ2n) is 5.70. The Labute approximate surface area is 101 Å². The molecule has 1 aliphatic heterocycles. The monoisotopic (exact) mass is 227 g/mol. The van der Waals surface area contributed by atoms with Gasteiger partial charge < -0.3 is 5.11 Å². The van der Waals surface area contributed by atoms with Gasteiger partial charge >= 0.3 is 0 Å². The first-order valence-electron chi connectivity index (χ1n) is 6.93. The number of aliphatic hydroxyl groups is 1. The van der Waals surface area contributed by atoms with Crippen molar-refractivity contribution >= 4 is 0 Å². The van der Waals surface area contributed by atoms with Gasteiger partial charge in [0.15, 0.2) is 0 Å². The average Bonchev–Trinajstić information content (AvgIpc) is 2.32. The Morgan fingerprint density at radius 3 is 2.38 bits per heavy atom. The van der Waals surface area contributed by atoms with Gasteiger partial charge in [0.05, 0.1) is 0 Å². The van der Waals surface area contributed by atoms with Gasteiger partial charge in [-0.2, -0.15) is 0 Å². The summed E-state index contributed by atoms with van der Waals surface area (Å²) in [6.07, 6.45) is 4.84. The maximum atomic E-state index is 9.63. The van der Waals surface area contributed by atoms with Crippen molar-refractivity contribution in [2.45, 2.75) is 59.4 Å². The molecule has 0 amide bonds. The summed E-state index contributed by atoms with van der Waals surface area (Å²) >= 11 is 0. The summed E-state index contributed by atoms with van der Waals surface area (Å²) in [4.78, 5) is 2.59. The molecule has 1 saturated heterocycles. The molecule has 0 aliphatic carbocycles. The summed E-state index contributed by atoms with van der Waals surface area (Å²) in [6.45, 7) is 11.7. The van der Waals surface area contributed by atoms with E-state index >= 15 is 0 Å². The topological polar surface area (TPSA) is 23.5 Å².